The first-order valence-corrected chi connectivity index (χ1v) is 8.76. The van der Waals surface area contributed by atoms with Gasteiger partial charge < -0.3 is 5.32 Å². The van der Waals surface area contributed by atoms with Crippen LogP contribution < -0.4 is 5.32 Å². The molecule has 0 atom stereocenters. The van der Waals surface area contributed by atoms with E-state index in [2.05, 4.69) is 74.2 Å². The number of aromatic nitrogens is 1. The normalized spacial score (nSPS) is 11.1. The largest absolute Gasteiger partial charge is 0.310 e. The molecule has 2 nitrogen and oxygen atoms in total. The molecule has 0 fully saturated rings. The molecular weight excluding hydrogens is 400 g/mol. The van der Waals surface area contributed by atoms with E-state index in [-0.39, 0.29) is 0 Å². The highest BCUT2D eigenvalue weighted by Crippen LogP contribution is 2.36. The SMILES string of the molecule is CC(C)NCc1ccc(Sc2ncccc2Br)c(Br)c1. The van der Waals surface area contributed by atoms with Crippen LogP contribution >= 0.6 is 43.6 Å². The van der Waals surface area contributed by atoms with E-state index in [1.54, 1.807) is 11.8 Å². The van der Waals surface area contributed by atoms with Gasteiger partial charge >= 0.3 is 0 Å². The van der Waals surface area contributed by atoms with Gasteiger partial charge in [-0.3, -0.25) is 0 Å². The number of pyridine rings is 1. The number of halogens is 2. The van der Waals surface area contributed by atoms with E-state index < -0.39 is 0 Å². The van der Waals surface area contributed by atoms with Crippen molar-refractivity contribution in [2.24, 2.45) is 0 Å². The van der Waals surface area contributed by atoms with Crippen LogP contribution in [0.3, 0.4) is 0 Å². The summed E-state index contributed by atoms with van der Waals surface area (Å²) in [6.07, 6.45) is 1.81. The Labute approximate surface area is 141 Å². The van der Waals surface area contributed by atoms with Crippen molar-refractivity contribution in [2.75, 3.05) is 0 Å². The molecule has 20 heavy (non-hydrogen) atoms. The first-order valence-electron chi connectivity index (χ1n) is 6.36. The van der Waals surface area contributed by atoms with Gasteiger partial charge in [0.2, 0.25) is 0 Å². The molecule has 0 aliphatic heterocycles. The van der Waals surface area contributed by atoms with E-state index in [1.165, 1.54) is 5.56 Å². The van der Waals surface area contributed by atoms with Gasteiger partial charge in [-0.25, -0.2) is 4.98 Å². The lowest BCUT2D eigenvalue weighted by atomic mass is 10.2. The molecule has 0 spiro atoms. The highest BCUT2D eigenvalue weighted by molar-refractivity contribution is 9.11. The van der Waals surface area contributed by atoms with Crippen LogP contribution in [0.15, 0.2) is 55.4 Å². The fourth-order valence-electron chi connectivity index (χ4n) is 1.61. The van der Waals surface area contributed by atoms with Gasteiger partial charge in [-0.2, -0.15) is 0 Å². The predicted molar refractivity (Wildman–Crippen MR) is 92.2 cm³/mol. The highest BCUT2D eigenvalue weighted by Gasteiger charge is 2.07. The highest BCUT2D eigenvalue weighted by atomic mass is 79.9. The third kappa shape index (κ3) is 4.58. The second-order valence-corrected chi connectivity index (χ2v) is 7.43. The van der Waals surface area contributed by atoms with Crippen LogP contribution in [0.25, 0.3) is 0 Å². The smallest absolute Gasteiger partial charge is 0.115 e. The maximum Gasteiger partial charge on any atom is 0.115 e. The first kappa shape index (κ1) is 16.0. The van der Waals surface area contributed by atoms with Gasteiger partial charge in [0.05, 0.1) is 4.47 Å². The van der Waals surface area contributed by atoms with E-state index in [0.717, 1.165) is 25.4 Å². The molecule has 0 aliphatic rings. The quantitative estimate of drug-likeness (QED) is 0.721. The van der Waals surface area contributed by atoms with Crippen molar-refractivity contribution in [3.63, 3.8) is 0 Å². The van der Waals surface area contributed by atoms with Gasteiger partial charge in [-0.05, 0) is 61.7 Å². The Morgan fingerprint density at radius 3 is 2.65 bits per heavy atom. The Hall–Kier alpha value is -0.360. The Morgan fingerprint density at radius 1 is 1.20 bits per heavy atom. The number of nitrogens with one attached hydrogen (secondary N) is 1. The van der Waals surface area contributed by atoms with E-state index in [4.69, 9.17) is 0 Å². The molecule has 1 heterocycles. The molecule has 106 valence electrons. The third-order valence-corrected chi connectivity index (χ3v) is 5.56. The number of benzene rings is 1. The summed E-state index contributed by atoms with van der Waals surface area (Å²) in [4.78, 5) is 5.54. The molecule has 2 aromatic rings. The summed E-state index contributed by atoms with van der Waals surface area (Å²) < 4.78 is 2.12. The van der Waals surface area contributed by atoms with E-state index >= 15 is 0 Å². The van der Waals surface area contributed by atoms with Crippen LogP contribution in [0.4, 0.5) is 0 Å². The Bertz CT molecular complexity index is 588. The maximum atomic E-state index is 4.38. The number of hydrogen-bond donors (Lipinski definition) is 1. The molecule has 2 rings (SSSR count). The minimum atomic E-state index is 0.493. The van der Waals surface area contributed by atoms with E-state index in [1.807, 2.05) is 18.3 Å². The average molecular weight is 416 g/mol. The van der Waals surface area contributed by atoms with Gasteiger partial charge in [0, 0.05) is 28.2 Å². The van der Waals surface area contributed by atoms with E-state index in [9.17, 15) is 0 Å². The van der Waals surface area contributed by atoms with Crippen LogP contribution in [0.1, 0.15) is 19.4 Å². The van der Waals surface area contributed by atoms with Crippen LogP contribution in [-0.4, -0.2) is 11.0 Å². The number of nitrogens with zero attached hydrogens (tertiary/aromatic N) is 1. The molecule has 0 saturated heterocycles. The molecule has 0 saturated carbocycles. The summed E-state index contributed by atoms with van der Waals surface area (Å²) in [5.41, 5.74) is 1.27. The molecule has 1 aromatic heterocycles. The second-order valence-electron chi connectivity index (χ2n) is 4.69. The zero-order valence-corrected chi connectivity index (χ0v) is 15.3. The summed E-state index contributed by atoms with van der Waals surface area (Å²) in [7, 11) is 0. The van der Waals surface area contributed by atoms with Crippen molar-refractivity contribution in [3.05, 3.63) is 51.0 Å². The summed E-state index contributed by atoms with van der Waals surface area (Å²) in [5, 5.41) is 4.39. The van der Waals surface area contributed by atoms with Crippen molar-refractivity contribution in [1.82, 2.24) is 10.3 Å². The van der Waals surface area contributed by atoms with Gasteiger partial charge in [0.25, 0.3) is 0 Å². The molecule has 0 radical (unpaired) electrons. The maximum absolute atomic E-state index is 4.38. The van der Waals surface area contributed by atoms with Crippen LogP contribution in [0.2, 0.25) is 0 Å². The lowest BCUT2D eigenvalue weighted by Gasteiger charge is -2.10. The summed E-state index contributed by atoms with van der Waals surface area (Å²) in [5.74, 6) is 0. The van der Waals surface area contributed by atoms with Crippen molar-refractivity contribution in [1.29, 1.82) is 0 Å². The number of rotatable bonds is 5. The molecule has 0 aliphatic carbocycles. The van der Waals surface area contributed by atoms with Crippen molar-refractivity contribution < 1.29 is 0 Å². The second kappa shape index (κ2) is 7.59. The Morgan fingerprint density at radius 2 is 2.00 bits per heavy atom. The Balaban J connectivity index is 2.12. The van der Waals surface area contributed by atoms with Crippen LogP contribution in [0, 0.1) is 0 Å². The lowest BCUT2D eigenvalue weighted by Crippen LogP contribution is -2.21. The fraction of sp³-hybridized carbons (Fsp3) is 0.267. The fourth-order valence-corrected chi connectivity index (χ4v) is 3.56. The minimum absolute atomic E-state index is 0.493. The monoisotopic (exact) mass is 414 g/mol. The molecular formula is C15H16Br2N2S. The van der Waals surface area contributed by atoms with Crippen molar-refractivity contribution >= 4 is 43.6 Å². The van der Waals surface area contributed by atoms with Gasteiger partial charge in [0.15, 0.2) is 0 Å². The first-order chi connectivity index (χ1) is 9.56. The summed E-state index contributed by atoms with van der Waals surface area (Å²) in [6, 6.07) is 10.9. The van der Waals surface area contributed by atoms with E-state index in [0.29, 0.717) is 6.04 Å². The zero-order chi connectivity index (χ0) is 14.5. The average Bonchev–Trinajstić information content (AvgIpc) is 2.41. The standard InChI is InChI=1S/C15H16Br2N2S/c1-10(2)19-9-11-5-6-14(13(17)8-11)20-15-12(16)4-3-7-18-15/h3-8,10,19H,9H2,1-2H3. The molecule has 0 amide bonds. The van der Waals surface area contributed by atoms with Gasteiger partial charge in [0.1, 0.15) is 5.03 Å². The lowest BCUT2D eigenvalue weighted by molar-refractivity contribution is 0.588. The van der Waals surface area contributed by atoms with Crippen LogP contribution in [-0.2, 0) is 6.54 Å². The van der Waals surface area contributed by atoms with Crippen molar-refractivity contribution in [2.45, 2.75) is 36.4 Å². The molecule has 1 N–H and O–H groups in total. The van der Waals surface area contributed by atoms with Gasteiger partial charge in [-0.1, -0.05) is 31.7 Å². The van der Waals surface area contributed by atoms with Gasteiger partial charge in [-0.15, -0.1) is 0 Å². The topological polar surface area (TPSA) is 24.9 Å². The molecule has 1 aromatic carbocycles. The predicted octanol–water partition coefficient (Wildman–Crippen LogP) is 5.26. The van der Waals surface area contributed by atoms with Crippen molar-refractivity contribution in [3.8, 4) is 0 Å². The molecule has 0 unspecified atom stereocenters. The molecule has 0 bridgehead atoms. The number of hydrogen-bond acceptors (Lipinski definition) is 3. The summed E-state index contributed by atoms with van der Waals surface area (Å²) in [6.45, 7) is 5.18. The third-order valence-electron chi connectivity index (χ3n) is 2.64. The minimum Gasteiger partial charge on any atom is -0.310 e. The van der Waals surface area contributed by atoms with Crippen LogP contribution in [0.5, 0.6) is 0 Å². The molecule has 5 heteroatoms. The summed E-state index contributed by atoms with van der Waals surface area (Å²) >= 11 is 8.82. The Kier molecular flexibility index (Phi) is 6.08. The zero-order valence-electron chi connectivity index (χ0n) is 11.4.